The average Bonchev–Trinajstić information content (AvgIpc) is 2.34. The lowest BCUT2D eigenvalue weighted by Gasteiger charge is -2.23. The first-order chi connectivity index (χ1) is 9.60. The molecule has 0 aliphatic rings. The van der Waals surface area contributed by atoms with Crippen molar-refractivity contribution in [2.75, 3.05) is 7.11 Å². The van der Waals surface area contributed by atoms with E-state index in [9.17, 15) is 14.4 Å². The molecule has 2 N–H and O–H groups in total. The van der Waals surface area contributed by atoms with Crippen molar-refractivity contribution in [2.45, 2.75) is 51.8 Å². The van der Waals surface area contributed by atoms with Gasteiger partial charge >= 0.3 is 12.1 Å². The molecular weight excluding hydrogens is 276 g/mol. The Morgan fingerprint density at radius 3 is 2.24 bits per heavy atom. The second-order valence-electron chi connectivity index (χ2n) is 5.48. The van der Waals surface area contributed by atoms with E-state index in [1.165, 1.54) is 20.1 Å². The lowest BCUT2D eigenvalue weighted by Crippen LogP contribution is -2.51. The van der Waals surface area contributed by atoms with Crippen LogP contribution in [0.4, 0.5) is 4.79 Å². The van der Waals surface area contributed by atoms with Crippen molar-refractivity contribution in [1.29, 1.82) is 0 Å². The molecule has 0 aliphatic heterocycles. The third-order valence-corrected chi connectivity index (χ3v) is 2.32. The van der Waals surface area contributed by atoms with Crippen LogP contribution in [-0.4, -0.2) is 42.8 Å². The second-order valence-corrected chi connectivity index (χ2v) is 5.48. The fraction of sp³-hybridized carbons (Fsp3) is 0.643. The molecule has 2 amide bonds. The van der Waals surface area contributed by atoms with Crippen LogP contribution in [-0.2, 0) is 19.1 Å². The molecule has 7 heteroatoms. The molecule has 0 aromatic rings. The van der Waals surface area contributed by atoms with Crippen LogP contribution < -0.4 is 10.6 Å². The van der Waals surface area contributed by atoms with E-state index >= 15 is 0 Å². The fourth-order valence-electron chi connectivity index (χ4n) is 1.40. The molecule has 0 saturated carbocycles. The van der Waals surface area contributed by atoms with Gasteiger partial charge in [0.25, 0.3) is 0 Å². The van der Waals surface area contributed by atoms with Gasteiger partial charge in [0.2, 0.25) is 5.91 Å². The molecule has 0 bridgehead atoms. The molecule has 0 aliphatic carbocycles. The van der Waals surface area contributed by atoms with Crippen LogP contribution in [0, 0.1) is 0 Å². The van der Waals surface area contributed by atoms with Crippen LogP contribution >= 0.6 is 0 Å². The first-order valence-electron chi connectivity index (χ1n) is 6.59. The van der Waals surface area contributed by atoms with Gasteiger partial charge in [-0.2, -0.15) is 0 Å². The zero-order chi connectivity index (χ0) is 16.6. The highest BCUT2D eigenvalue weighted by atomic mass is 16.6. The van der Waals surface area contributed by atoms with Crippen molar-refractivity contribution >= 4 is 18.0 Å². The van der Waals surface area contributed by atoms with Crippen molar-refractivity contribution in [1.82, 2.24) is 10.6 Å². The highest BCUT2D eigenvalue weighted by molar-refractivity contribution is 5.89. The molecule has 7 nitrogen and oxygen atoms in total. The highest BCUT2D eigenvalue weighted by Gasteiger charge is 2.25. The summed E-state index contributed by atoms with van der Waals surface area (Å²) in [6.07, 6.45) is 0.985. The fourth-order valence-corrected chi connectivity index (χ4v) is 1.40. The number of esters is 1. The molecule has 0 unspecified atom stereocenters. The number of rotatable bonds is 6. The minimum atomic E-state index is -0.871. The normalized spacial score (nSPS) is 13.6. The molecule has 0 fully saturated rings. The number of carbonyl (C=O) groups is 3. The summed E-state index contributed by atoms with van der Waals surface area (Å²) >= 11 is 0. The number of alkyl carbamates (subject to hydrolysis) is 1. The van der Waals surface area contributed by atoms with Gasteiger partial charge in [0.15, 0.2) is 0 Å². The summed E-state index contributed by atoms with van der Waals surface area (Å²) in [7, 11) is 1.23. The summed E-state index contributed by atoms with van der Waals surface area (Å²) in [6, 6.07) is -1.68. The third kappa shape index (κ3) is 7.96. The van der Waals surface area contributed by atoms with Crippen LogP contribution in [0.1, 0.15) is 34.1 Å². The number of nitrogens with one attached hydrogen (secondary N) is 2. The van der Waals surface area contributed by atoms with Gasteiger partial charge in [0.05, 0.1) is 7.11 Å². The van der Waals surface area contributed by atoms with E-state index < -0.39 is 35.7 Å². The molecule has 2 atom stereocenters. The predicted molar refractivity (Wildman–Crippen MR) is 77.6 cm³/mol. The van der Waals surface area contributed by atoms with Crippen molar-refractivity contribution in [3.63, 3.8) is 0 Å². The summed E-state index contributed by atoms with van der Waals surface area (Å²) in [5.74, 6) is -1.09. The van der Waals surface area contributed by atoms with E-state index in [1.807, 2.05) is 0 Å². The zero-order valence-electron chi connectivity index (χ0n) is 13.2. The van der Waals surface area contributed by atoms with Gasteiger partial charge in [-0.15, -0.1) is 6.58 Å². The molecular formula is C14H24N2O5. The maximum Gasteiger partial charge on any atom is 0.408 e. The topological polar surface area (TPSA) is 93.7 Å². The van der Waals surface area contributed by atoms with Crippen molar-refractivity contribution in [2.24, 2.45) is 0 Å². The average molecular weight is 300 g/mol. The number of methoxy groups -OCH3 is 1. The maximum atomic E-state index is 12.0. The molecule has 0 heterocycles. The Hall–Kier alpha value is -2.05. The Kier molecular flexibility index (Phi) is 7.48. The minimum Gasteiger partial charge on any atom is -0.467 e. The Morgan fingerprint density at radius 1 is 1.24 bits per heavy atom. The smallest absolute Gasteiger partial charge is 0.408 e. The number of amides is 2. The predicted octanol–water partition coefficient (Wildman–Crippen LogP) is 1.13. The molecule has 0 spiro atoms. The van der Waals surface area contributed by atoms with Crippen molar-refractivity contribution < 1.29 is 23.9 Å². The SMILES string of the molecule is C=CC[C@H](NC(=O)OC(C)(C)C)C(=O)N[C@H](C)C(=O)OC. The monoisotopic (exact) mass is 300 g/mol. The van der Waals surface area contributed by atoms with Gasteiger partial charge in [-0.1, -0.05) is 6.08 Å². The number of hydrogen-bond acceptors (Lipinski definition) is 5. The first-order valence-corrected chi connectivity index (χ1v) is 6.59. The Balaban J connectivity index is 4.67. The summed E-state index contributed by atoms with van der Waals surface area (Å²) in [5, 5.41) is 4.89. The lowest BCUT2D eigenvalue weighted by molar-refractivity contribution is -0.144. The molecule has 21 heavy (non-hydrogen) atoms. The van der Waals surface area contributed by atoms with E-state index in [4.69, 9.17) is 4.74 Å². The molecule has 120 valence electrons. The second kappa shape index (κ2) is 8.28. The maximum absolute atomic E-state index is 12.0. The van der Waals surface area contributed by atoms with E-state index in [-0.39, 0.29) is 6.42 Å². The van der Waals surface area contributed by atoms with Gasteiger partial charge in [-0.3, -0.25) is 4.79 Å². The number of hydrogen-bond donors (Lipinski definition) is 2. The number of carbonyl (C=O) groups excluding carboxylic acids is 3. The number of ether oxygens (including phenoxy) is 2. The van der Waals surface area contributed by atoms with E-state index in [0.29, 0.717) is 0 Å². The van der Waals surface area contributed by atoms with E-state index in [2.05, 4.69) is 21.9 Å². The largest absolute Gasteiger partial charge is 0.467 e. The van der Waals surface area contributed by atoms with E-state index in [1.54, 1.807) is 20.8 Å². The van der Waals surface area contributed by atoms with Crippen LogP contribution in [0.5, 0.6) is 0 Å². The first kappa shape index (κ1) is 18.9. The zero-order valence-corrected chi connectivity index (χ0v) is 13.2. The van der Waals surface area contributed by atoms with Gasteiger partial charge in [-0.05, 0) is 34.1 Å². The molecule has 0 aromatic carbocycles. The van der Waals surface area contributed by atoms with E-state index in [0.717, 1.165) is 0 Å². The lowest BCUT2D eigenvalue weighted by atomic mass is 10.1. The summed E-state index contributed by atoms with van der Waals surface area (Å²) < 4.78 is 9.60. The Labute approximate surface area is 125 Å². The quantitative estimate of drug-likeness (QED) is 0.566. The molecule has 0 aromatic heterocycles. The minimum absolute atomic E-state index is 0.207. The molecule has 0 radical (unpaired) electrons. The standard InChI is InChI=1S/C14H24N2O5/c1-7-8-10(16-13(19)21-14(3,4)5)11(17)15-9(2)12(18)20-6/h7,9-10H,1,8H2,2-6H3,(H,15,17)(H,16,19)/t9-,10+/m1/s1. The third-order valence-electron chi connectivity index (χ3n) is 2.32. The highest BCUT2D eigenvalue weighted by Crippen LogP contribution is 2.07. The molecule has 0 rings (SSSR count). The van der Waals surface area contributed by atoms with Crippen molar-refractivity contribution in [3.05, 3.63) is 12.7 Å². The summed E-state index contributed by atoms with van der Waals surface area (Å²) in [4.78, 5) is 35.0. The summed E-state index contributed by atoms with van der Waals surface area (Å²) in [5.41, 5.74) is -0.668. The van der Waals surface area contributed by atoms with Crippen LogP contribution in [0.3, 0.4) is 0 Å². The van der Waals surface area contributed by atoms with Crippen LogP contribution in [0.25, 0.3) is 0 Å². The Morgan fingerprint density at radius 2 is 1.81 bits per heavy atom. The van der Waals surface area contributed by atoms with Crippen LogP contribution in [0.15, 0.2) is 12.7 Å². The Bertz CT molecular complexity index is 401. The summed E-state index contributed by atoms with van der Waals surface area (Å²) in [6.45, 7) is 10.2. The van der Waals surface area contributed by atoms with Crippen LogP contribution in [0.2, 0.25) is 0 Å². The van der Waals surface area contributed by atoms with Gasteiger partial charge in [-0.25, -0.2) is 9.59 Å². The van der Waals surface area contributed by atoms with Gasteiger partial charge in [0.1, 0.15) is 17.7 Å². The van der Waals surface area contributed by atoms with Gasteiger partial charge < -0.3 is 20.1 Å². The molecule has 0 saturated heterocycles. The van der Waals surface area contributed by atoms with Crippen molar-refractivity contribution in [3.8, 4) is 0 Å². The van der Waals surface area contributed by atoms with Gasteiger partial charge in [0, 0.05) is 0 Å².